The molecule has 0 atom stereocenters. The van der Waals surface area contributed by atoms with Crippen LogP contribution in [0, 0.1) is 0 Å². The molecule has 112 valence electrons. The normalized spacial score (nSPS) is 14.1. The molecule has 0 aliphatic carbocycles. The first-order chi connectivity index (χ1) is 10.7. The van der Waals surface area contributed by atoms with Crippen LogP contribution in [-0.4, -0.2) is 24.7 Å². The van der Waals surface area contributed by atoms with E-state index < -0.39 is 0 Å². The number of hydrogen-bond acceptors (Lipinski definition) is 2. The molecular formula is C18H17ClN2O. The zero-order chi connectivity index (χ0) is 15.5. The average molecular weight is 313 g/mol. The zero-order valence-corrected chi connectivity index (χ0v) is 13.2. The topological polar surface area (TPSA) is 32.7 Å². The Balaban J connectivity index is 2.16. The molecule has 1 aliphatic heterocycles. The van der Waals surface area contributed by atoms with Gasteiger partial charge in [-0.2, -0.15) is 0 Å². The van der Waals surface area contributed by atoms with E-state index in [1.165, 1.54) is 0 Å². The highest BCUT2D eigenvalue weighted by atomic mass is 35.5. The summed E-state index contributed by atoms with van der Waals surface area (Å²) in [4.78, 5) is 18.8. The van der Waals surface area contributed by atoms with Crippen LogP contribution in [-0.2, 0) is 4.79 Å². The number of benzodiazepines with no additional fused rings is 1. The van der Waals surface area contributed by atoms with Gasteiger partial charge in [-0.1, -0.05) is 48.9 Å². The van der Waals surface area contributed by atoms with E-state index in [9.17, 15) is 4.79 Å². The molecule has 1 heterocycles. The summed E-state index contributed by atoms with van der Waals surface area (Å²) < 4.78 is 0. The molecule has 0 saturated carbocycles. The SMILES string of the molecule is CCC(=O)N1CCN=C(c2ccccc2)c2cc(Cl)ccc21. The Morgan fingerprint density at radius 1 is 1.23 bits per heavy atom. The van der Waals surface area contributed by atoms with Gasteiger partial charge in [0.15, 0.2) is 0 Å². The summed E-state index contributed by atoms with van der Waals surface area (Å²) in [6.07, 6.45) is 0.475. The molecule has 0 aromatic heterocycles. The lowest BCUT2D eigenvalue weighted by Gasteiger charge is -2.22. The van der Waals surface area contributed by atoms with E-state index in [2.05, 4.69) is 0 Å². The van der Waals surface area contributed by atoms with Crippen molar-refractivity contribution in [2.45, 2.75) is 13.3 Å². The molecule has 1 aliphatic rings. The Morgan fingerprint density at radius 2 is 2.00 bits per heavy atom. The number of hydrogen-bond donors (Lipinski definition) is 0. The van der Waals surface area contributed by atoms with Crippen LogP contribution in [0.1, 0.15) is 24.5 Å². The highest BCUT2D eigenvalue weighted by Gasteiger charge is 2.23. The van der Waals surface area contributed by atoms with Crippen molar-refractivity contribution in [3.05, 3.63) is 64.7 Å². The van der Waals surface area contributed by atoms with Gasteiger partial charge >= 0.3 is 0 Å². The van der Waals surface area contributed by atoms with Gasteiger partial charge in [0, 0.05) is 29.1 Å². The number of fused-ring (bicyclic) bond motifs is 1. The van der Waals surface area contributed by atoms with E-state index in [-0.39, 0.29) is 5.91 Å². The Labute approximate surface area is 135 Å². The summed E-state index contributed by atoms with van der Waals surface area (Å²) in [6.45, 7) is 3.06. The van der Waals surface area contributed by atoms with Gasteiger partial charge in [-0.15, -0.1) is 0 Å². The fourth-order valence-electron chi connectivity index (χ4n) is 2.69. The number of aliphatic imine (C=N–C) groups is 1. The van der Waals surface area contributed by atoms with Crippen molar-refractivity contribution in [2.75, 3.05) is 18.0 Å². The highest BCUT2D eigenvalue weighted by Crippen LogP contribution is 2.29. The third-order valence-electron chi connectivity index (χ3n) is 3.75. The minimum absolute atomic E-state index is 0.105. The van der Waals surface area contributed by atoms with E-state index in [0.29, 0.717) is 24.5 Å². The Hall–Kier alpha value is -2.13. The second-order valence-corrected chi connectivity index (χ2v) is 5.59. The lowest BCUT2D eigenvalue weighted by Crippen LogP contribution is -2.32. The van der Waals surface area contributed by atoms with Gasteiger partial charge in [0.25, 0.3) is 0 Å². The number of nitrogens with zero attached hydrogens (tertiary/aromatic N) is 2. The van der Waals surface area contributed by atoms with Crippen molar-refractivity contribution < 1.29 is 4.79 Å². The van der Waals surface area contributed by atoms with Crippen molar-refractivity contribution in [3.8, 4) is 0 Å². The van der Waals surface area contributed by atoms with Crippen LogP contribution in [0.2, 0.25) is 5.02 Å². The third kappa shape index (κ3) is 2.77. The maximum atomic E-state index is 12.3. The molecule has 0 fully saturated rings. The fourth-order valence-corrected chi connectivity index (χ4v) is 2.87. The number of carbonyl (C=O) groups excluding carboxylic acids is 1. The van der Waals surface area contributed by atoms with Crippen LogP contribution in [0.3, 0.4) is 0 Å². The molecule has 3 nitrogen and oxygen atoms in total. The maximum Gasteiger partial charge on any atom is 0.226 e. The predicted octanol–water partition coefficient (Wildman–Crippen LogP) is 3.93. The molecular weight excluding hydrogens is 296 g/mol. The largest absolute Gasteiger partial charge is 0.310 e. The van der Waals surface area contributed by atoms with Crippen LogP contribution >= 0.6 is 11.6 Å². The molecule has 2 aromatic carbocycles. The molecule has 22 heavy (non-hydrogen) atoms. The number of rotatable bonds is 2. The lowest BCUT2D eigenvalue weighted by molar-refractivity contribution is -0.118. The first-order valence-corrected chi connectivity index (χ1v) is 7.78. The minimum atomic E-state index is 0.105. The molecule has 0 N–H and O–H groups in total. The van der Waals surface area contributed by atoms with Crippen molar-refractivity contribution in [1.82, 2.24) is 0 Å². The zero-order valence-electron chi connectivity index (χ0n) is 12.4. The van der Waals surface area contributed by atoms with Crippen molar-refractivity contribution in [3.63, 3.8) is 0 Å². The monoisotopic (exact) mass is 312 g/mol. The van der Waals surface area contributed by atoms with Crippen LogP contribution < -0.4 is 4.90 Å². The van der Waals surface area contributed by atoms with Gasteiger partial charge < -0.3 is 4.90 Å². The summed E-state index contributed by atoms with van der Waals surface area (Å²) in [7, 11) is 0. The summed E-state index contributed by atoms with van der Waals surface area (Å²) in [5.74, 6) is 0.105. The molecule has 1 amide bonds. The fraction of sp³-hybridized carbons (Fsp3) is 0.222. The number of carbonyl (C=O) groups is 1. The first-order valence-electron chi connectivity index (χ1n) is 7.41. The van der Waals surface area contributed by atoms with Crippen LogP contribution in [0.15, 0.2) is 53.5 Å². The van der Waals surface area contributed by atoms with Crippen LogP contribution in [0.4, 0.5) is 5.69 Å². The summed E-state index contributed by atoms with van der Waals surface area (Å²) in [5.41, 5.74) is 3.73. The smallest absolute Gasteiger partial charge is 0.226 e. The van der Waals surface area contributed by atoms with E-state index in [1.54, 1.807) is 0 Å². The van der Waals surface area contributed by atoms with Crippen LogP contribution in [0.25, 0.3) is 0 Å². The summed E-state index contributed by atoms with van der Waals surface area (Å²) in [6, 6.07) is 15.6. The molecule has 0 spiro atoms. The molecule has 2 aromatic rings. The minimum Gasteiger partial charge on any atom is -0.310 e. The first kappa shape index (κ1) is 14.8. The molecule has 3 rings (SSSR count). The number of amides is 1. The number of benzene rings is 2. The van der Waals surface area contributed by atoms with Crippen molar-refractivity contribution in [1.29, 1.82) is 0 Å². The van der Waals surface area contributed by atoms with E-state index in [4.69, 9.17) is 16.6 Å². The standard InChI is InChI=1S/C18H17ClN2O/c1-2-17(22)21-11-10-20-18(13-6-4-3-5-7-13)15-12-14(19)8-9-16(15)21/h3-9,12H,2,10-11H2,1H3. The molecule has 0 radical (unpaired) electrons. The van der Waals surface area contributed by atoms with E-state index >= 15 is 0 Å². The highest BCUT2D eigenvalue weighted by molar-refractivity contribution is 6.31. The summed E-state index contributed by atoms with van der Waals surface area (Å²) in [5, 5.41) is 0.646. The second kappa shape index (κ2) is 6.32. The third-order valence-corrected chi connectivity index (χ3v) is 3.98. The Morgan fingerprint density at radius 3 is 2.73 bits per heavy atom. The van der Waals surface area contributed by atoms with Gasteiger partial charge in [-0.05, 0) is 18.2 Å². The van der Waals surface area contributed by atoms with Gasteiger partial charge in [-0.25, -0.2) is 0 Å². The van der Waals surface area contributed by atoms with E-state index in [1.807, 2.05) is 60.4 Å². The number of halogens is 1. The van der Waals surface area contributed by atoms with Gasteiger partial charge in [0.05, 0.1) is 17.9 Å². The van der Waals surface area contributed by atoms with Crippen LogP contribution in [0.5, 0.6) is 0 Å². The number of anilines is 1. The lowest BCUT2D eigenvalue weighted by atomic mass is 10.00. The van der Waals surface area contributed by atoms with Gasteiger partial charge in [-0.3, -0.25) is 9.79 Å². The second-order valence-electron chi connectivity index (χ2n) is 5.16. The van der Waals surface area contributed by atoms with Gasteiger partial charge in [0.2, 0.25) is 5.91 Å². The molecule has 0 bridgehead atoms. The average Bonchev–Trinajstić information content (AvgIpc) is 2.74. The maximum absolute atomic E-state index is 12.3. The Bertz CT molecular complexity index is 725. The predicted molar refractivity (Wildman–Crippen MR) is 91.0 cm³/mol. The van der Waals surface area contributed by atoms with Crippen molar-refractivity contribution >= 4 is 28.9 Å². The molecule has 0 unspecified atom stereocenters. The molecule has 0 saturated heterocycles. The van der Waals surface area contributed by atoms with E-state index in [0.717, 1.165) is 22.5 Å². The molecule has 4 heteroatoms. The Kier molecular flexibility index (Phi) is 4.25. The summed E-state index contributed by atoms with van der Waals surface area (Å²) >= 11 is 6.19. The quantitative estimate of drug-likeness (QED) is 0.827. The van der Waals surface area contributed by atoms with Crippen molar-refractivity contribution in [2.24, 2.45) is 4.99 Å². The van der Waals surface area contributed by atoms with Gasteiger partial charge in [0.1, 0.15) is 0 Å².